The summed E-state index contributed by atoms with van der Waals surface area (Å²) in [6.07, 6.45) is 2.30. The monoisotopic (exact) mass is 498 g/mol. The summed E-state index contributed by atoms with van der Waals surface area (Å²) in [4.78, 5) is 4.78. The zero-order valence-corrected chi connectivity index (χ0v) is 20.6. The van der Waals surface area contributed by atoms with Crippen LogP contribution in [0, 0.1) is 0 Å². The highest BCUT2D eigenvalue weighted by atomic mass is 35.5. The average Bonchev–Trinajstić information content (AvgIpc) is 3.25. The molecule has 5 rings (SSSR count). The first-order valence-electron chi connectivity index (χ1n) is 11.0. The van der Waals surface area contributed by atoms with Crippen LogP contribution in [0.15, 0.2) is 78.6 Å². The van der Waals surface area contributed by atoms with Crippen molar-refractivity contribution in [3.05, 3.63) is 99.3 Å². The molecular weight excluding hydrogens is 475 g/mol. The summed E-state index contributed by atoms with van der Waals surface area (Å²) in [5.74, 6) is 1.13. The van der Waals surface area contributed by atoms with E-state index in [-0.39, 0.29) is 6.04 Å². The predicted molar refractivity (Wildman–Crippen MR) is 139 cm³/mol. The van der Waals surface area contributed by atoms with Crippen LogP contribution in [0.2, 0.25) is 15.1 Å². The van der Waals surface area contributed by atoms with Crippen molar-refractivity contribution in [2.45, 2.75) is 6.04 Å². The zero-order chi connectivity index (χ0) is 22.9. The molecule has 3 aromatic rings. The second kappa shape index (κ2) is 9.47. The maximum Gasteiger partial charge on any atom is 0.119 e. The molecule has 1 unspecified atom stereocenters. The third-order valence-corrected chi connectivity index (χ3v) is 7.07. The molecule has 0 saturated carbocycles. The molecule has 0 spiro atoms. The van der Waals surface area contributed by atoms with E-state index in [1.54, 1.807) is 6.07 Å². The van der Waals surface area contributed by atoms with Gasteiger partial charge in [0.2, 0.25) is 0 Å². The van der Waals surface area contributed by atoms with E-state index < -0.39 is 0 Å². The van der Waals surface area contributed by atoms with Crippen LogP contribution < -0.4 is 10.4 Å². The summed E-state index contributed by atoms with van der Waals surface area (Å²) < 4.78 is 0. The Labute approximate surface area is 209 Å². The highest BCUT2D eigenvalue weighted by molar-refractivity contribution is 6.36. The fourth-order valence-corrected chi connectivity index (χ4v) is 5.05. The number of rotatable bonds is 4. The van der Waals surface area contributed by atoms with Crippen molar-refractivity contribution in [3.63, 3.8) is 0 Å². The molecular formula is C26H25Cl3N4. The highest BCUT2D eigenvalue weighted by Gasteiger charge is 2.31. The van der Waals surface area contributed by atoms with E-state index in [0.29, 0.717) is 10.0 Å². The summed E-state index contributed by atoms with van der Waals surface area (Å²) in [6.45, 7) is 4.06. The van der Waals surface area contributed by atoms with Crippen LogP contribution in [-0.2, 0) is 0 Å². The van der Waals surface area contributed by atoms with Crippen molar-refractivity contribution in [1.82, 2.24) is 15.2 Å². The maximum absolute atomic E-state index is 6.61. The Kier molecular flexibility index (Phi) is 6.44. The lowest BCUT2D eigenvalue weighted by Crippen LogP contribution is -2.47. The molecule has 170 valence electrons. The number of piperazine rings is 1. The van der Waals surface area contributed by atoms with Gasteiger partial charge < -0.3 is 9.80 Å². The SMILES string of the molecule is CN1CCN(C2=CC(c3ccc(Cl)cc3)N(c3ccccc3-c3ccc(Cl)cc3Cl)N2)CC1. The van der Waals surface area contributed by atoms with Gasteiger partial charge in [-0.05, 0) is 49.0 Å². The third kappa shape index (κ3) is 4.67. The van der Waals surface area contributed by atoms with Gasteiger partial charge in [-0.3, -0.25) is 10.4 Å². The molecule has 0 amide bonds. The molecule has 1 saturated heterocycles. The van der Waals surface area contributed by atoms with Crippen molar-refractivity contribution in [2.75, 3.05) is 38.2 Å². The molecule has 0 bridgehead atoms. The Hall–Kier alpha value is -2.37. The van der Waals surface area contributed by atoms with Crippen molar-refractivity contribution < 1.29 is 0 Å². The minimum Gasteiger partial charge on any atom is -0.355 e. The van der Waals surface area contributed by atoms with E-state index >= 15 is 0 Å². The van der Waals surface area contributed by atoms with Crippen molar-refractivity contribution in [2.24, 2.45) is 0 Å². The molecule has 0 aliphatic carbocycles. The number of nitrogens with zero attached hydrogens (tertiary/aromatic N) is 3. The zero-order valence-electron chi connectivity index (χ0n) is 18.3. The minimum absolute atomic E-state index is 0.00384. The summed E-state index contributed by atoms with van der Waals surface area (Å²) in [5, 5.41) is 4.20. The van der Waals surface area contributed by atoms with Crippen LogP contribution in [0.5, 0.6) is 0 Å². The summed E-state index contributed by atoms with van der Waals surface area (Å²) in [7, 11) is 2.17. The van der Waals surface area contributed by atoms with Gasteiger partial charge in [0, 0.05) is 52.4 Å². The van der Waals surface area contributed by atoms with E-state index in [2.05, 4.69) is 63.7 Å². The molecule has 2 aliphatic rings. The van der Waals surface area contributed by atoms with Gasteiger partial charge in [-0.2, -0.15) is 0 Å². The fourth-order valence-electron chi connectivity index (χ4n) is 4.41. The molecule has 7 heteroatoms. The number of nitrogens with one attached hydrogen (secondary N) is 1. The van der Waals surface area contributed by atoms with E-state index in [9.17, 15) is 0 Å². The molecule has 0 aromatic heterocycles. The second-order valence-electron chi connectivity index (χ2n) is 8.46. The van der Waals surface area contributed by atoms with Crippen molar-refractivity contribution in [1.29, 1.82) is 0 Å². The number of hydrazine groups is 1. The van der Waals surface area contributed by atoms with Crippen LogP contribution in [0.1, 0.15) is 11.6 Å². The Balaban J connectivity index is 1.56. The minimum atomic E-state index is 0.00384. The van der Waals surface area contributed by atoms with Crippen LogP contribution in [0.4, 0.5) is 5.69 Å². The summed E-state index contributed by atoms with van der Waals surface area (Å²) in [6, 6.07) is 22.0. The Morgan fingerprint density at radius 1 is 0.788 bits per heavy atom. The van der Waals surface area contributed by atoms with Gasteiger partial charge >= 0.3 is 0 Å². The van der Waals surface area contributed by atoms with Crippen LogP contribution in [-0.4, -0.2) is 43.0 Å². The first kappa shape index (κ1) is 22.4. The van der Waals surface area contributed by atoms with Crippen LogP contribution in [0.3, 0.4) is 0 Å². The Bertz CT molecular complexity index is 1170. The largest absolute Gasteiger partial charge is 0.355 e. The number of hydrogen-bond donors (Lipinski definition) is 1. The summed E-state index contributed by atoms with van der Waals surface area (Å²) in [5.41, 5.74) is 7.89. The normalized spacial score (nSPS) is 18.9. The van der Waals surface area contributed by atoms with E-state index in [1.807, 2.05) is 30.3 Å². The van der Waals surface area contributed by atoms with Gasteiger partial charge in [-0.25, -0.2) is 0 Å². The standard InChI is InChI=1S/C26H25Cl3N4/c1-31-12-14-32(15-13-31)26-17-25(18-6-8-19(27)9-7-18)33(30-26)24-5-3-2-4-22(24)21-11-10-20(28)16-23(21)29/h2-11,16-17,25,30H,12-15H2,1H3. The number of halogens is 3. The lowest BCUT2D eigenvalue weighted by atomic mass is 10.0. The molecule has 2 heterocycles. The van der Waals surface area contributed by atoms with Crippen LogP contribution >= 0.6 is 34.8 Å². The Morgan fingerprint density at radius 2 is 1.48 bits per heavy atom. The lowest BCUT2D eigenvalue weighted by molar-refractivity contribution is 0.179. The number of benzene rings is 3. The van der Waals surface area contributed by atoms with Gasteiger partial charge in [-0.15, -0.1) is 0 Å². The van der Waals surface area contributed by atoms with E-state index in [1.165, 1.54) is 0 Å². The molecule has 0 radical (unpaired) electrons. The smallest absolute Gasteiger partial charge is 0.119 e. The molecule has 1 fully saturated rings. The highest BCUT2D eigenvalue weighted by Crippen LogP contribution is 2.41. The van der Waals surface area contributed by atoms with Crippen molar-refractivity contribution in [3.8, 4) is 11.1 Å². The second-order valence-corrected chi connectivity index (χ2v) is 9.74. The van der Waals surface area contributed by atoms with E-state index in [0.717, 1.165) is 59.4 Å². The molecule has 33 heavy (non-hydrogen) atoms. The molecule has 1 atom stereocenters. The van der Waals surface area contributed by atoms with Crippen LogP contribution in [0.25, 0.3) is 11.1 Å². The number of hydrogen-bond acceptors (Lipinski definition) is 4. The van der Waals surface area contributed by atoms with E-state index in [4.69, 9.17) is 34.8 Å². The van der Waals surface area contributed by atoms with Gasteiger partial charge in [0.25, 0.3) is 0 Å². The third-order valence-electron chi connectivity index (χ3n) is 6.27. The molecule has 1 N–H and O–H groups in total. The van der Waals surface area contributed by atoms with Gasteiger partial charge in [0.1, 0.15) is 5.82 Å². The first-order chi connectivity index (χ1) is 16.0. The molecule has 4 nitrogen and oxygen atoms in total. The fraction of sp³-hybridized carbons (Fsp3) is 0.231. The first-order valence-corrected chi connectivity index (χ1v) is 12.1. The Morgan fingerprint density at radius 3 is 2.21 bits per heavy atom. The maximum atomic E-state index is 6.61. The van der Waals surface area contributed by atoms with Gasteiger partial charge in [-0.1, -0.05) is 71.2 Å². The van der Waals surface area contributed by atoms with Gasteiger partial charge in [0.15, 0.2) is 0 Å². The average molecular weight is 500 g/mol. The van der Waals surface area contributed by atoms with Crippen molar-refractivity contribution >= 4 is 40.5 Å². The van der Waals surface area contributed by atoms with Gasteiger partial charge in [0.05, 0.1) is 11.7 Å². The molecule has 2 aliphatic heterocycles. The number of para-hydroxylation sites is 1. The number of likely N-dealkylation sites (N-methyl/N-ethyl adjacent to an activating group) is 1. The topological polar surface area (TPSA) is 21.8 Å². The summed E-state index contributed by atoms with van der Waals surface area (Å²) >= 11 is 19.0. The lowest BCUT2D eigenvalue weighted by Gasteiger charge is -2.36. The quantitative estimate of drug-likeness (QED) is 0.444. The number of anilines is 1. The predicted octanol–water partition coefficient (Wildman–Crippen LogP) is 6.47. The molecule has 3 aromatic carbocycles.